The fourth-order valence-corrected chi connectivity index (χ4v) is 1.42. The third kappa shape index (κ3) is 3.77. The number of carbonyl (C=O) groups excluding carboxylic acids is 1. The van der Waals surface area contributed by atoms with E-state index >= 15 is 0 Å². The first kappa shape index (κ1) is 10.5. The second-order valence-electron chi connectivity index (χ2n) is 3.82. The summed E-state index contributed by atoms with van der Waals surface area (Å²) in [5.74, 6) is 1.19. The van der Waals surface area contributed by atoms with E-state index in [1.807, 2.05) is 0 Å². The van der Waals surface area contributed by atoms with Crippen molar-refractivity contribution in [2.75, 3.05) is 19.6 Å². The molecule has 76 valence electrons. The van der Waals surface area contributed by atoms with Crippen LogP contribution in [0.25, 0.3) is 0 Å². The molecule has 0 heterocycles. The molecule has 0 saturated heterocycles. The second-order valence-corrected chi connectivity index (χ2v) is 3.82. The minimum atomic E-state index is 0.254. The maximum Gasteiger partial charge on any atom is 0.223 e. The van der Waals surface area contributed by atoms with Crippen LogP contribution in [0.4, 0.5) is 0 Å². The predicted octanol–water partition coefficient (Wildman–Crippen LogP) is 0.758. The molecule has 1 fully saturated rings. The summed E-state index contributed by atoms with van der Waals surface area (Å²) in [5, 5.41) is 6.18. The maximum absolute atomic E-state index is 11.3. The fourth-order valence-electron chi connectivity index (χ4n) is 1.42. The van der Waals surface area contributed by atoms with Gasteiger partial charge in [-0.2, -0.15) is 0 Å². The molecule has 1 rings (SSSR count). The minimum absolute atomic E-state index is 0.254. The number of hydrogen-bond acceptors (Lipinski definition) is 2. The van der Waals surface area contributed by atoms with E-state index in [-0.39, 0.29) is 5.91 Å². The van der Waals surface area contributed by atoms with Gasteiger partial charge in [0.15, 0.2) is 0 Å². The van der Waals surface area contributed by atoms with Crippen LogP contribution in [0.2, 0.25) is 0 Å². The molecule has 0 spiro atoms. The summed E-state index contributed by atoms with van der Waals surface area (Å²) in [6, 6.07) is 0. The summed E-state index contributed by atoms with van der Waals surface area (Å²) >= 11 is 0. The summed E-state index contributed by atoms with van der Waals surface area (Å²) in [6.07, 6.45) is 2.11. The number of rotatable bonds is 6. The van der Waals surface area contributed by atoms with Gasteiger partial charge in [-0.25, -0.2) is 0 Å². The first-order chi connectivity index (χ1) is 6.25. The largest absolute Gasteiger partial charge is 0.356 e. The molecule has 3 nitrogen and oxygen atoms in total. The SMILES string of the molecule is CCNCCCNC(=O)C1CC1C. The molecule has 1 amide bonds. The summed E-state index contributed by atoms with van der Waals surface area (Å²) in [5.41, 5.74) is 0. The maximum atomic E-state index is 11.3. The van der Waals surface area contributed by atoms with Crippen LogP contribution in [-0.4, -0.2) is 25.5 Å². The van der Waals surface area contributed by atoms with Crippen LogP contribution in [0.5, 0.6) is 0 Å². The lowest BCUT2D eigenvalue weighted by molar-refractivity contribution is -0.122. The van der Waals surface area contributed by atoms with Gasteiger partial charge in [-0.3, -0.25) is 4.79 Å². The molecule has 1 aliphatic carbocycles. The van der Waals surface area contributed by atoms with Gasteiger partial charge in [0, 0.05) is 12.5 Å². The summed E-state index contributed by atoms with van der Waals surface area (Å²) in [4.78, 5) is 11.3. The predicted molar refractivity (Wildman–Crippen MR) is 53.4 cm³/mol. The van der Waals surface area contributed by atoms with Crippen LogP contribution >= 0.6 is 0 Å². The van der Waals surface area contributed by atoms with E-state index in [2.05, 4.69) is 24.5 Å². The molecule has 0 bridgehead atoms. The van der Waals surface area contributed by atoms with E-state index in [0.717, 1.165) is 32.5 Å². The Balaban J connectivity index is 1.91. The Morgan fingerprint density at radius 1 is 1.46 bits per heavy atom. The summed E-state index contributed by atoms with van der Waals surface area (Å²) in [6.45, 7) is 7.03. The molecule has 1 aliphatic rings. The second kappa shape index (κ2) is 5.22. The van der Waals surface area contributed by atoms with Gasteiger partial charge in [0.2, 0.25) is 5.91 Å². The van der Waals surface area contributed by atoms with Gasteiger partial charge in [-0.05, 0) is 31.8 Å². The van der Waals surface area contributed by atoms with Crippen LogP contribution in [0.15, 0.2) is 0 Å². The van der Waals surface area contributed by atoms with Gasteiger partial charge in [-0.15, -0.1) is 0 Å². The van der Waals surface area contributed by atoms with Crippen LogP contribution in [-0.2, 0) is 4.79 Å². The van der Waals surface area contributed by atoms with E-state index in [9.17, 15) is 4.79 Å². The number of hydrogen-bond donors (Lipinski definition) is 2. The molecule has 2 unspecified atom stereocenters. The quantitative estimate of drug-likeness (QED) is 0.598. The Morgan fingerprint density at radius 2 is 2.15 bits per heavy atom. The highest BCUT2D eigenvalue weighted by atomic mass is 16.2. The molecular weight excluding hydrogens is 164 g/mol. The first-order valence-corrected chi connectivity index (χ1v) is 5.24. The van der Waals surface area contributed by atoms with Crippen molar-refractivity contribution >= 4 is 5.91 Å². The lowest BCUT2D eigenvalue weighted by Gasteiger charge is -2.04. The molecule has 2 atom stereocenters. The van der Waals surface area contributed by atoms with Crippen LogP contribution in [0.1, 0.15) is 26.7 Å². The third-order valence-corrected chi connectivity index (χ3v) is 2.53. The molecule has 0 radical (unpaired) electrons. The zero-order chi connectivity index (χ0) is 9.68. The van der Waals surface area contributed by atoms with Gasteiger partial charge >= 0.3 is 0 Å². The van der Waals surface area contributed by atoms with Crippen molar-refractivity contribution < 1.29 is 4.79 Å². The van der Waals surface area contributed by atoms with Gasteiger partial charge in [0.25, 0.3) is 0 Å². The topological polar surface area (TPSA) is 41.1 Å². The smallest absolute Gasteiger partial charge is 0.223 e. The lowest BCUT2D eigenvalue weighted by atomic mass is 10.3. The monoisotopic (exact) mass is 184 g/mol. The number of amides is 1. The van der Waals surface area contributed by atoms with Gasteiger partial charge in [-0.1, -0.05) is 13.8 Å². The Morgan fingerprint density at radius 3 is 2.69 bits per heavy atom. The van der Waals surface area contributed by atoms with Crippen molar-refractivity contribution in [2.45, 2.75) is 26.7 Å². The molecule has 0 aromatic rings. The van der Waals surface area contributed by atoms with E-state index in [1.54, 1.807) is 0 Å². The van der Waals surface area contributed by atoms with E-state index in [1.165, 1.54) is 0 Å². The Bertz CT molecular complexity index is 170. The average molecular weight is 184 g/mol. The van der Waals surface area contributed by atoms with Gasteiger partial charge in [0.05, 0.1) is 0 Å². The standard InChI is InChI=1S/C10H20N2O/c1-3-11-5-4-6-12-10(13)9-7-8(9)2/h8-9,11H,3-7H2,1-2H3,(H,12,13). The Labute approximate surface area is 80.3 Å². The molecule has 13 heavy (non-hydrogen) atoms. The van der Waals surface area contributed by atoms with Crippen molar-refractivity contribution in [3.8, 4) is 0 Å². The summed E-state index contributed by atoms with van der Waals surface area (Å²) < 4.78 is 0. The number of nitrogens with one attached hydrogen (secondary N) is 2. The van der Waals surface area contributed by atoms with Crippen LogP contribution < -0.4 is 10.6 Å². The first-order valence-electron chi connectivity index (χ1n) is 5.24. The highest BCUT2D eigenvalue weighted by Crippen LogP contribution is 2.37. The Kier molecular flexibility index (Phi) is 4.22. The van der Waals surface area contributed by atoms with E-state index < -0.39 is 0 Å². The third-order valence-electron chi connectivity index (χ3n) is 2.53. The highest BCUT2D eigenvalue weighted by Gasteiger charge is 2.38. The zero-order valence-electron chi connectivity index (χ0n) is 8.60. The fraction of sp³-hybridized carbons (Fsp3) is 0.900. The summed E-state index contributed by atoms with van der Waals surface area (Å²) in [7, 11) is 0. The van der Waals surface area contributed by atoms with Crippen molar-refractivity contribution in [3.05, 3.63) is 0 Å². The zero-order valence-corrected chi connectivity index (χ0v) is 8.60. The molecule has 1 saturated carbocycles. The number of carbonyl (C=O) groups is 1. The van der Waals surface area contributed by atoms with Gasteiger partial charge in [0.1, 0.15) is 0 Å². The average Bonchev–Trinajstić information content (AvgIpc) is 2.82. The molecule has 2 N–H and O–H groups in total. The normalized spacial score (nSPS) is 25.7. The Hall–Kier alpha value is -0.570. The molecular formula is C10H20N2O. The van der Waals surface area contributed by atoms with Crippen molar-refractivity contribution in [1.82, 2.24) is 10.6 Å². The van der Waals surface area contributed by atoms with Crippen molar-refractivity contribution in [3.63, 3.8) is 0 Å². The van der Waals surface area contributed by atoms with E-state index in [0.29, 0.717) is 11.8 Å². The van der Waals surface area contributed by atoms with Crippen molar-refractivity contribution in [2.24, 2.45) is 11.8 Å². The lowest BCUT2D eigenvalue weighted by Crippen LogP contribution is -2.28. The highest BCUT2D eigenvalue weighted by molar-refractivity contribution is 5.81. The van der Waals surface area contributed by atoms with Crippen LogP contribution in [0, 0.1) is 11.8 Å². The van der Waals surface area contributed by atoms with E-state index in [4.69, 9.17) is 0 Å². The van der Waals surface area contributed by atoms with Crippen LogP contribution in [0.3, 0.4) is 0 Å². The van der Waals surface area contributed by atoms with Gasteiger partial charge < -0.3 is 10.6 Å². The van der Waals surface area contributed by atoms with Crippen molar-refractivity contribution in [1.29, 1.82) is 0 Å². The molecule has 0 aliphatic heterocycles. The molecule has 0 aromatic heterocycles. The molecule has 0 aromatic carbocycles. The minimum Gasteiger partial charge on any atom is -0.356 e. The molecule has 3 heteroatoms.